The molecule has 3 nitrogen and oxygen atoms in total. The van der Waals surface area contributed by atoms with Crippen molar-refractivity contribution in [2.24, 2.45) is 0 Å². The minimum absolute atomic E-state index is 0.0520. The summed E-state index contributed by atoms with van der Waals surface area (Å²) in [5.41, 5.74) is 1.41. The standard InChI is InChI=1S/C12H8FNO2/c13-16-12(15)11-8-4-7-10(14-11)9-5-2-1-3-6-9/h1-8H. The predicted octanol–water partition coefficient (Wildman–Crippen LogP) is 2.79. The van der Waals surface area contributed by atoms with Crippen molar-refractivity contribution < 1.29 is 14.3 Å². The van der Waals surface area contributed by atoms with Gasteiger partial charge in [0.2, 0.25) is 0 Å². The van der Waals surface area contributed by atoms with E-state index in [1.807, 2.05) is 30.3 Å². The van der Waals surface area contributed by atoms with Crippen LogP contribution in [0, 0.1) is 0 Å². The Labute approximate surface area is 91.4 Å². The minimum Gasteiger partial charge on any atom is -0.248 e. The Kier molecular flexibility index (Phi) is 2.91. The molecule has 0 saturated heterocycles. The van der Waals surface area contributed by atoms with Gasteiger partial charge in [0.1, 0.15) is 0 Å². The lowest BCUT2D eigenvalue weighted by Gasteiger charge is -2.01. The zero-order valence-electron chi connectivity index (χ0n) is 8.26. The zero-order valence-corrected chi connectivity index (χ0v) is 8.26. The van der Waals surface area contributed by atoms with Crippen LogP contribution in [-0.2, 0) is 4.94 Å². The second-order valence-corrected chi connectivity index (χ2v) is 3.14. The van der Waals surface area contributed by atoms with Crippen LogP contribution in [0.5, 0.6) is 0 Å². The normalized spacial score (nSPS) is 9.81. The molecule has 2 aromatic rings. The van der Waals surface area contributed by atoms with Crippen molar-refractivity contribution in [2.45, 2.75) is 0 Å². The number of rotatable bonds is 2. The van der Waals surface area contributed by atoms with Gasteiger partial charge in [0, 0.05) is 10.1 Å². The van der Waals surface area contributed by atoms with Gasteiger partial charge in [-0.3, -0.25) is 0 Å². The maximum absolute atomic E-state index is 11.7. The molecular formula is C12H8FNO2. The van der Waals surface area contributed by atoms with Gasteiger partial charge in [-0.1, -0.05) is 36.4 Å². The molecule has 0 bridgehead atoms. The molecule has 1 heterocycles. The molecule has 0 saturated carbocycles. The number of aromatic nitrogens is 1. The van der Waals surface area contributed by atoms with Crippen molar-refractivity contribution in [2.75, 3.05) is 0 Å². The molecule has 0 atom stereocenters. The number of benzene rings is 1. The molecule has 0 aliphatic carbocycles. The second kappa shape index (κ2) is 4.53. The highest BCUT2D eigenvalue weighted by Crippen LogP contribution is 2.16. The number of nitrogens with zero attached hydrogens (tertiary/aromatic N) is 1. The van der Waals surface area contributed by atoms with E-state index in [9.17, 15) is 9.32 Å². The smallest absolute Gasteiger partial charge is 0.248 e. The van der Waals surface area contributed by atoms with Crippen molar-refractivity contribution in [1.82, 2.24) is 4.98 Å². The van der Waals surface area contributed by atoms with Gasteiger partial charge in [-0.05, 0) is 12.1 Å². The molecule has 0 amide bonds. The maximum atomic E-state index is 11.7. The van der Waals surface area contributed by atoms with Crippen LogP contribution in [-0.4, -0.2) is 11.0 Å². The van der Waals surface area contributed by atoms with Crippen LogP contribution >= 0.6 is 0 Å². The lowest BCUT2D eigenvalue weighted by Crippen LogP contribution is -2.02. The summed E-state index contributed by atoms with van der Waals surface area (Å²) >= 11 is 0. The summed E-state index contributed by atoms with van der Waals surface area (Å²) in [5, 5.41) is 0. The van der Waals surface area contributed by atoms with Gasteiger partial charge >= 0.3 is 5.97 Å². The summed E-state index contributed by atoms with van der Waals surface area (Å²) in [7, 11) is 0. The molecule has 1 aromatic heterocycles. The molecule has 0 aliphatic heterocycles. The van der Waals surface area contributed by atoms with Crippen LogP contribution in [0.4, 0.5) is 4.53 Å². The number of pyridine rings is 1. The number of carbonyl (C=O) groups is 1. The van der Waals surface area contributed by atoms with Crippen LogP contribution in [0.1, 0.15) is 10.5 Å². The summed E-state index contributed by atoms with van der Waals surface area (Å²) in [6, 6.07) is 14.1. The Hall–Kier alpha value is -2.23. The quantitative estimate of drug-likeness (QED) is 0.776. The molecule has 0 radical (unpaired) electrons. The molecule has 0 aliphatic rings. The largest absolute Gasteiger partial charge is 0.397 e. The van der Waals surface area contributed by atoms with Crippen LogP contribution in [0.15, 0.2) is 48.5 Å². The minimum atomic E-state index is -1.09. The molecule has 16 heavy (non-hydrogen) atoms. The van der Waals surface area contributed by atoms with Crippen LogP contribution in [0.3, 0.4) is 0 Å². The van der Waals surface area contributed by atoms with E-state index in [4.69, 9.17) is 0 Å². The lowest BCUT2D eigenvalue weighted by molar-refractivity contribution is -0.0793. The molecular weight excluding hydrogens is 209 g/mol. The van der Waals surface area contributed by atoms with E-state index in [0.717, 1.165) is 5.56 Å². The van der Waals surface area contributed by atoms with E-state index in [-0.39, 0.29) is 5.69 Å². The van der Waals surface area contributed by atoms with E-state index >= 15 is 0 Å². The first-order valence-electron chi connectivity index (χ1n) is 4.66. The topological polar surface area (TPSA) is 39.2 Å². The highest BCUT2D eigenvalue weighted by Gasteiger charge is 2.10. The molecule has 2 rings (SSSR count). The van der Waals surface area contributed by atoms with Crippen LogP contribution in [0.2, 0.25) is 0 Å². The van der Waals surface area contributed by atoms with Crippen molar-refractivity contribution in [3.63, 3.8) is 0 Å². The Balaban J connectivity index is 2.40. The van der Waals surface area contributed by atoms with Gasteiger partial charge in [-0.25, -0.2) is 14.7 Å². The molecule has 80 valence electrons. The van der Waals surface area contributed by atoms with E-state index in [1.54, 1.807) is 12.1 Å². The van der Waals surface area contributed by atoms with E-state index < -0.39 is 5.97 Å². The molecule has 1 aromatic carbocycles. The van der Waals surface area contributed by atoms with E-state index in [0.29, 0.717) is 5.69 Å². The molecule has 4 heteroatoms. The molecule has 0 fully saturated rings. The van der Waals surface area contributed by atoms with Crippen LogP contribution in [0.25, 0.3) is 11.3 Å². The van der Waals surface area contributed by atoms with Gasteiger partial charge in [-0.2, -0.15) is 0 Å². The first kappa shape index (κ1) is 10.3. The number of halogens is 1. The maximum Gasteiger partial charge on any atom is 0.397 e. The average Bonchev–Trinajstić information content (AvgIpc) is 2.39. The van der Waals surface area contributed by atoms with Gasteiger partial charge in [0.15, 0.2) is 5.69 Å². The molecule has 0 unspecified atom stereocenters. The highest BCUT2D eigenvalue weighted by molar-refractivity contribution is 5.87. The monoisotopic (exact) mass is 217 g/mol. The lowest BCUT2D eigenvalue weighted by atomic mass is 10.1. The Morgan fingerprint density at radius 2 is 1.81 bits per heavy atom. The summed E-state index contributed by atoms with van der Waals surface area (Å²) in [4.78, 5) is 18.1. The van der Waals surface area contributed by atoms with Gasteiger partial charge < -0.3 is 0 Å². The van der Waals surface area contributed by atoms with E-state index in [1.165, 1.54) is 6.07 Å². The first-order chi connectivity index (χ1) is 7.81. The Morgan fingerprint density at radius 3 is 2.50 bits per heavy atom. The number of hydrogen-bond donors (Lipinski definition) is 0. The second-order valence-electron chi connectivity index (χ2n) is 3.14. The number of carbonyl (C=O) groups excluding carboxylic acids is 1. The third-order valence-electron chi connectivity index (χ3n) is 2.10. The summed E-state index contributed by atoms with van der Waals surface area (Å²) in [6.07, 6.45) is 0. The average molecular weight is 217 g/mol. The molecule has 0 spiro atoms. The third kappa shape index (κ3) is 2.06. The fraction of sp³-hybridized carbons (Fsp3) is 0. The van der Waals surface area contributed by atoms with Crippen LogP contribution < -0.4 is 0 Å². The third-order valence-corrected chi connectivity index (χ3v) is 2.10. The first-order valence-corrected chi connectivity index (χ1v) is 4.66. The molecule has 0 N–H and O–H groups in total. The summed E-state index contributed by atoms with van der Waals surface area (Å²) < 4.78 is 11.7. The van der Waals surface area contributed by atoms with Crippen molar-refractivity contribution in [3.8, 4) is 11.3 Å². The fourth-order valence-electron chi connectivity index (χ4n) is 1.36. The van der Waals surface area contributed by atoms with Crippen molar-refractivity contribution in [1.29, 1.82) is 0 Å². The fourth-order valence-corrected chi connectivity index (χ4v) is 1.36. The number of hydrogen-bond acceptors (Lipinski definition) is 3. The predicted molar refractivity (Wildman–Crippen MR) is 56.2 cm³/mol. The van der Waals surface area contributed by atoms with Gasteiger partial charge in [-0.15, -0.1) is 0 Å². The van der Waals surface area contributed by atoms with Crippen molar-refractivity contribution >= 4 is 5.97 Å². The highest BCUT2D eigenvalue weighted by atomic mass is 19.3. The SMILES string of the molecule is O=C(OF)c1cccc(-c2ccccc2)n1. The Bertz CT molecular complexity index is 499. The van der Waals surface area contributed by atoms with Gasteiger partial charge in [0.05, 0.1) is 5.69 Å². The zero-order chi connectivity index (χ0) is 11.4. The van der Waals surface area contributed by atoms with Gasteiger partial charge in [0.25, 0.3) is 0 Å². The summed E-state index contributed by atoms with van der Waals surface area (Å²) in [6.45, 7) is 0. The van der Waals surface area contributed by atoms with Crippen molar-refractivity contribution in [3.05, 3.63) is 54.2 Å². The summed E-state index contributed by atoms with van der Waals surface area (Å²) in [5.74, 6) is -1.09. The van der Waals surface area contributed by atoms with E-state index in [2.05, 4.69) is 9.93 Å². The Morgan fingerprint density at radius 1 is 1.06 bits per heavy atom.